The quantitative estimate of drug-likeness (QED) is 0.846. The highest BCUT2D eigenvalue weighted by molar-refractivity contribution is 9.10. The second-order valence-corrected chi connectivity index (χ2v) is 8.23. The summed E-state index contributed by atoms with van der Waals surface area (Å²) < 4.78 is 13.6. The summed E-state index contributed by atoms with van der Waals surface area (Å²) >= 11 is 3.22. The molecule has 1 saturated carbocycles. The van der Waals surface area contributed by atoms with Gasteiger partial charge in [-0.15, -0.1) is 0 Å². The van der Waals surface area contributed by atoms with E-state index in [-0.39, 0.29) is 17.9 Å². The Labute approximate surface area is 139 Å². The smallest absolute Gasteiger partial charge is 0.252 e. The maximum Gasteiger partial charge on any atom is 0.252 e. The standard InChI is InChI=1S/C17H23BrFNO2/c1-11-7-16(2,3)9-17(8-11,10-21)20-15(22)13-5-4-12(19)6-14(13)18/h4-6,11,21H,7-10H2,1-3H3,(H,20,22). The molecule has 0 aliphatic heterocycles. The van der Waals surface area contributed by atoms with E-state index in [1.807, 2.05) is 0 Å². The highest BCUT2D eigenvalue weighted by Crippen LogP contribution is 2.43. The second kappa shape index (κ2) is 6.28. The number of hydrogen-bond acceptors (Lipinski definition) is 2. The average molecular weight is 372 g/mol. The number of hydrogen-bond donors (Lipinski definition) is 2. The van der Waals surface area contributed by atoms with Gasteiger partial charge in [-0.1, -0.05) is 20.8 Å². The molecule has 1 fully saturated rings. The zero-order chi connectivity index (χ0) is 16.5. The number of halogens is 2. The van der Waals surface area contributed by atoms with E-state index in [1.54, 1.807) is 0 Å². The van der Waals surface area contributed by atoms with E-state index in [2.05, 4.69) is 42.0 Å². The molecular weight excluding hydrogens is 349 g/mol. The zero-order valence-electron chi connectivity index (χ0n) is 13.2. The van der Waals surface area contributed by atoms with Crippen LogP contribution in [0.5, 0.6) is 0 Å². The molecule has 1 aromatic rings. The SMILES string of the molecule is CC1CC(C)(C)CC(CO)(NC(=O)c2ccc(F)cc2Br)C1. The fourth-order valence-electron chi connectivity index (χ4n) is 3.98. The Morgan fingerprint density at radius 2 is 2.14 bits per heavy atom. The van der Waals surface area contributed by atoms with Crippen LogP contribution in [0.1, 0.15) is 50.4 Å². The largest absolute Gasteiger partial charge is 0.394 e. The van der Waals surface area contributed by atoms with Crippen molar-refractivity contribution in [1.29, 1.82) is 0 Å². The lowest BCUT2D eigenvalue weighted by atomic mass is 9.64. The molecule has 122 valence electrons. The van der Waals surface area contributed by atoms with Crippen molar-refractivity contribution in [3.05, 3.63) is 34.1 Å². The summed E-state index contributed by atoms with van der Waals surface area (Å²) in [6.07, 6.45) is 2.55. The van der Waals surface area contributed by atoms with Crippen LogP contribution in [0.25, 0.3) is 0 Å². The van der Waals surface area contributed by atoms with Gasteiger partial charge in [0.2, 0.25) is 0 Å². The molecule has 2 N–H and O–H groups in total. The van der Waals surface area contributed by atoms with Crippen molar-refractivity contribution in [3.8, 4) is 0 Å². The molecule has 0 heterocycles. The highest BCUT2D eigenvalue weighted by Gasteiger charge is 2.43. The Kier molecular flexibility index (Phi) is 4.97. The first-order valence-corrected chi connectivity index (χ1v) is 8.34. The molecule has 5 heteroatoms. The lowest BCUT2D eigenvalue weighted by molar-refractivity contribution is 0.0334. The van der Waals surface area contributed by atoms with Gasteiger partial charge in [-0.05, 0) is 64.7 Å². The Morgan fingerprint density at radius 1 is 1.45 bits per heavy atom. The van der Waals surface area contributed by atoms with Gasteiger partial charge >= 0.3 is 0 Å². The minimum absolute atomic E-state index is 0.0632. The van der Waals surface area contributed by atoms with Crippen LogP contribution in [-0.2, 0) is 0 Å². The summed E-state index contributed by atoms with van der Waals surface area (Å²) in [7, 11) is 0. The lowest BCUT2D eigenvalue weighted by Crippen LogP contribution is -2.57. The van der Waals surface area contributed by atoms with Crippen LogP contribution >= 0.6 is 15.9 Å². The zero-order valence-corrected chi connectivity index (χ0v) is 14.8. The molecule has 2 unspecified atom stereocenters. The van der Waals surface area contributed by atoms with E-state index in [0.29, 0.717) is 16.0 Å². The monoisotopic (exact) mass is 371 g/mol. The molecule has 1 aromatic carbocycles. The van der Waals surface area contributed by atoms with Gasteiger partial charge in [0.15, 0.2) is 0 Å². The molecule has 1 amide bonds. The third-order valence-corrected chi connectivity index (χ3v) is 4.97. The van der Waals surface area contributed by atoms with Gasteiger partial charge in [0.1, 0.15) is 5.82 Å². The van der Waals surface area contributed by atoms with Crippen LogP contribution in [-0.4, -0.2) is 23.2 Å². The van der Waals surface area contributed by atoms with Crippen LogP contribution in [0.4, 0.5) is 4.39 Å². The molecule has 3 nitrogen and oxygen atoms in total. The molecule has 1 aliphatic carbocycles. The minimum Gasteiger partial charge on any atom is -0.394 e. The Hall–Kier alpha value is -0.940. The molecule has 0 spiro atoms. The molecule has 1 aliphatic rings. The highest BCUT2D eigenvalue weighted by atomic mass is 79.9. The van der Waals surface area contributed by atoms with Crippen molar-refractivity contribution >= 4 is 21.8 Å². The summed E-state index contributed by atoms with van der Waals surface area (Å²) in [6, 6.07) is 3.99. The number of amides is 1. The van der Waals surface area contributed by atoms with E-state index >= 15 is 0 Å². The normalized spacial score (nSPS) is 27.5. The number of carbonyl (C=O) groups excluding carboxylic acids is 1. The van der Waals surface area contributed by atoms with E-state index in [4.69, 9.17) is 0 Å². The lowest BCUT2D eigenvalue weighted by Gasteiger charge is -2.47. The minimum atomic E-state index is -0.619. The third kappa shape index (κ3) is 3.87. The van der Waals surface area contributed by atoms with E-state index < -0.39 is 11.4 Å². The van der Waals surface area contributed by atoms with Crippen LogP contribution in [0.2, 0.25) is 0 Å². The predicted octanol–water partition coefficient (Wildman–Crippen LogP) is 3.90. The molecular formula is C17H23BrFNO2. The number of benzene rings is 1. The van der Waals surface area contributed by atoms with Crippen LogP contribution in [0.3, 0.4) is 0 Å². The first-order chi connectivity index (χ1) is 10.2. The predicted molar refractivity (Wildman–Crippen MR) is 88.2 cm³/mol. The second-order valence-electron chi connectivity index (χ2n) is 7.37. The number of aliphatic hydroxyl groups is 1. The number of carbonyl (C=O) groups is 1. The van der Waals surface area contributed by atoms with Crippen molar-refractivity contribution in [3.63, 3.8) is 0 Å². The van der Waals surface area contributed by atoms with Crippen LogP contribution < -0.4 is 5.32 Å². The van der Waals surface area contributed by atoms with Gasteiger partial charge < -0.3 is 10.4 Å². The molecule has 0 radical (unpaired) electrons. The average Bonchev–Trinajstić information content (AvgIpc) is 2.35. The number of rotatable bonds is 3. The molecule has 0 aromatic heterocycles. The fraction of sp³-hybridized carbons (Fsp3) is 0.588. The number of nitrogens with one attached hydrogen (secondary N) is 1. The summed E-state index contributed by atoms with van der Waals surface area (Å²) in [4.78, 5) is 12.6. The third-order valence-electron chi connectivity index (χ3n) is 4.31. The molecule has 2 rings (SSSR count). The van der Waals surface area contributed by atoms with Gasteiger partial charge in [-0.25, -0.2) is 4.39 Å². The van der Waals surface area contributed by atoms with E-state index in [0.717, 1.165) is 19.3 Å². The van der Waals surface area contributed by atoms with Crippen molar-refractivity contribution in [1.82, 2.24) is 5.32 Å². The van der Waals surface area contributed by atoms with Crippen molar-refractivity contribution in [2.75, 3.05) is 6.61 Å². The van der Waals surface area contributed by atoms with Gasteiger partial charge in [0, 0.05) is 4.47 Å². The molecule has 0 bridgehead atoms. The van der Waals surface area contributed by atoms with Crippen molar-refractivity contribution < 1.29 is 14.3 Å². The Balaban J connectivity index is 2.24. The molecule has 2 atom stereocenters. The van der Waals surface area contributed by atoms with Gasteiger partial charge in [0.05, 0.1) is 17.7 Å². The van der Waals surface area contributed by atoms with Gasteiger partial charge in [-0.2, -0.15) is 0 Å². The van der Waals surface area contributed by atoms with Crippen molar-refractivity contribution in [2.45, 2.75) is 45.6 Å². The van der Waals surface area contributed by atoms with Crippen LogP contribution in [0, 0.1) is 17.2 Å². The molecule has 0 saturated heterocycles. The summed E-state index contributed by atoms with van der Waals surface area (Å²) in [5, 5.41) is 12.9. The van der Waals surface area contributed by atoms with E-state index in [1.165, 1.54) is 18.2 Å². The Morgan fingerprint density at radius 3 is 2.68 bits per heavy atom. The van der Waals surface area contributed by atoms with Crippen LogP contribution in [0.15, 0.2) is 22.7 Å². The maximum atomic E-state index is 13.2. The first-order valence-electron chi connectivity index (χ1n) is 7.55. The number of aliphatic hydroxyl groups excluding tert-OH is 1. The summed E-state index contributed by atoms with van der Waals surface area (Å²) in [6.45, 7) is 6.37. The first kappa shape index (κ1) is 17.4. The van der Waals surface area contributed by atoms with Gasteiger partial charge in [0.25, 0.3) is 5.91 Å². The van der Waals surface area contributed by atoms with Crippen molar-refractivity contribution in [2.24, 2.45) is 11.3 Å². The topological polar surface area (TPSA) is 49.3 Å². The van der Waals surface area contributed by atoms with E-state index in [9.17, 15) is 14.3 Å². The molecule has 22 heavy (non-hydrogen) atoms. The summed E-state index contributed by atoms with van der Waals surface area (Å²) in [5.41, 5.74) is -0.176. The van der Waals surface area contributed by atoms with Gasteiger partial charge in [-0.3, -0.25) is 4.79 Å². The fourth-order valence-corrected chi connectivity index (χ4v) is 4.51. The summed E-state index contributed by atoms with van der Waals surface area (Å²) in [5.74, 6) is -0.258. The Bertz CT molecular complexity index is 576. The maximum absolute atomic E-state index is 13.2.